The molecule has 0 amide bonds. The van der Waals surface area contributed by atoms with Crippen LogP contribution in [-0.4, -0.2) is 30.1 Å². The molecule has 1 aliphatic heterocycles. The fourth-order valence-electron chi connectivity index (χ4n) is 3.03. The Morgan fingerprint density at radius 2 is 1.62 bits per heavy atom. The molecular weight excluding hydrogens is 160 g/mol. The van der Waals surface area contributed by atoms with Crippen LogP contribution in [-0.2, 0) is 0 Å². The van der Waals surface area contributed by atoms with E-state index in [1.807, 2.05) is 0 Å². The lowest BCUT2D eigenvalue weighted by atomic mass is 9.86. The Hall–Kier alpha value is -0.0800. The standard InChI is InChI=1S/C11H20N2/c12-9-1-3-10(4-2-9)13-7-11(8-13)5-6-11/h9-10H,1-8,12H2. The second kappa shape index (κ2) is 2.71. The third kappa shape index (κ3) is 1.40. The fraction of sp³-hybridized carbons (Fsp3) is 1.00. The van der Waals surface area contributed by atoms with Crippen LogP contribution in [0.25, 0.3) is 0 Å². The van der Waals surface area contributed by atoms with Crippen molar-refractivity contribution in [2.24, 2.45) is 11.1 Å². The lowest BCUT2D eigenvalue weighted by Gasteiger charge is -2.47. The summed E-state index contributed by atoms with van der Waals surface area (Å²) in [5, 5.41) is 0. The molecule has 2 N–H and O–H groups in total. The number of hydrogen-bond acceptors (Lipinski definition) is 2. The molecule has 2 heteroatoms. The van der Waals surface area contributed by atoms with E-state index in [1.54, 1.807) is 0 Å². The largest absolute Gasteiger partial charge is 0.328 e. The summed E-state index contributed by atoms with van der Waals surface area (Å²) in [7, 11) is 0. The monoisotopic (exact) mass is 180 g/mol. The third-order valence-corrected chi connectivity index (χ3v) is 4.29. The predicted molar refractivity (Wildman–Crippen MR) is 53.5 cm³/mol. The quantitative estimate of drug-likeness (QED) is 0.660. The van der Waals surface area contributed by atoms with Gasteiger partial charge in [-0.15, -0.1) is 0 Å². The molecule has 1 spiro atoms. The van der Waals surface area contributed by atoms with Crippen molar-refractivity contribution in [3.05, 3.63) is 0 Å². The van der Waals surface area contributed by atoms with Crippen LogP contribution in [0.15, 0.2) is 0 Å². The van der Waals surface area contributed by atoms with Crippen LogP contribution in [0.2, 0.25) is 0 Å². The normalized spacial score (nSPS) is 43.2. The van der Waals surface area contributed by atoms with Crippen LogP contribution in [0, 0.1) is 5.41 Å². The van der Waals surface area contributed by atoms with Crippen molar-refractivity contribution in [1.82, 2.24) is 4.90 Å². The summed E-state index contributed by atoms with van der Waals surface area (Å²) in [5.41, 5.74) is 6.74. The van der Waals surface area contributed by atoms with Crippen LogP contribution < -0.4 is 5.73 Å². The molecule has 0 aromatic carbocycles. The topological polar surface area (TPSA) is 29.3 Å². The lowest BCUT2D eigenvalue weighted by molar-refractivity contribution is 0.0185. The molecule has 3 rings (SSSR count). The Balaban J connectivity index is 1.50. The highest BCUT2D eigenvalue weighted by Gasteiger charge is 2.53. The van der Waals surface area contributed by atoms with Crippen molar-refractivity contribution >= 4 is 0 Å². The molecule has 0 atom stereocenters. The van der Waals surface area contributed by atoms with Gasteiger partial charge in [-0.25, -0.2) is 0 Å². The molecule has 2 aliphatic carbocycles. The van der Waals surface area contributed by atoms with Crippen molar-refractivity contribution in [2.45, 2.75) is 50.6 Å². The van der Waals surface area contributed by atoms with E-state index in [4.69, 9.17) is 5.73 Å². The molecular formula is C11H20N2. The van der Waals surface area contributed by atoms with E-state index in [2.05, 4.69) is 4.90 Å². The summed E-state index contributed by atoms with van der Waals surface area (Å²) in [6, 6.07) is 1.40. The molecule has 74 valence electrons. The van der Waals surface area contributed by atoms with Gasteiger partial charge in [-0.05, 0) is 43.9 Å². The van der Waals surface area contributed by atoms with Crippen molar-refractivity contribution in [3.63, 3.8) is 0 Å². The second-order valence-electron chi connectivity index (χ2n) is 5.47. The summed E-state index contributed by atoms with van der Waals surface area (Å²) in [5.74, 6) is 0. The number of nitrogens with zero attached hydrogens (tertiary/aromatic N) is 1. The SMILES string of the molecule is NC1CCC(N2CC3(CC3)C2)CC1. The van der Waals surface area contributed by atoms with Gasteiger partial charge in [0.25, 0.3) is 0 Å². The second-order valence-corrected chi connectivity index (χ2v) is 5.47. The maximum absolute atomic E-state index is 5.90. The fourth-order valence-corrected chi connectivity index (χ4v) is 3.03. The average molecular weight is 180 g/mol. The summed E-state index contributed by atoms with van der Waals surface area (Å²) in [6.07, 6.45) is 8.25. The summed E-state index contributed by atoms with van der Waals surface area (Å²) >= 11 is 0. The van der Waals surface area contributed by atoms with Crippen molar-refractivity contribution in [3.8, 4) is 0 Å². The van der Waals surface area contributed by atoms with Crippen LogP contribution in [0.5, 0.6) is 0 Å². The van der Waals surface area contributed by atoms with Crippen molar-refractivity contribution in [1.29, 1.82) is 0 Å². The zero-order valence-electron chi connectivity index (χ0n) is 8.34. The molecule has 0 unspecified atom stereocenters. The van der Waals surface area contributed by atoms with Crippen molar-refractivity contribution in [2.75, 3.05) is 13.1 Å². The maximum atomic E-state index is 5.90. The van der Waals surface area contributed by atoms with Gasteiger partial charge in [-0.1, -0.05) is 0 Å². The zero-order valence-corrected chi connectivity index (χ0v) is 8.34. The highest BCUT2D eigenvalue weighted by atomic mass is 15.2. The van der Waals surface area contributed by atoms with Gasteiger partial charge in [0, 0.05) is 25.2 Å². The molecule has 0 aromatic heterocycles. The molecule has 0 bridgehead atoms. The van der Waals surface area contributed by atoms with E-state index in [9.17, 15) is 0 Å². The summed E-state index contributed by atoms with van der Waals surface area (Å²) < 4.78 is 0. The third-order valence-electron chi connectivity index (χ3n) is 4.29. The molecule has 2 nitrogen and oxygen atoms in total. The minimum absolute atomic E-state index is 0.507. The number of hydrogen-bond donors (Lipinski definition) is 1. The average Bonchev–Trinajstić information content (AvgIpc) is 2.83. The minimum atomic E-state index is 0.507. The molecule has 1 saturated heterocycles. The van der Waals surface area contributed by atoms with Gasteiger partial charge >= 0.3 is 0 Å². The molecule has 3 fully saturated rings. The van der Waals surface area contributed by atoms with Crippen LogP contribution in [0.3, 0.4) is 0 Å². The first-order valence-corrected chi connectivity index (χ1v) is 5.77. The summed E-state index contributed by atoms with van der Waals surface area (Å²) in [4.78, 5) is 2.71. The molecule has 0 radical (unpaired) electrons. The Bertz CT molecular complexity index is 194. The van der Waals surface area contributed by atoms with E-state index in [0.717, 1.165) is 11.5 Å². The van der Waals surface area contributed by atoms with Crippen LogP contribution in [0.4, 0.5) is 0 Å². The first-order valence-electron chi connectivity index (χ1n) is 5.77. The Labute approximate surface area is 80.5 Å². The van der Waals surface area contributed by atoms with Gasteiger partial charge in [0.2, 0.25) is 0 Å². The molecule has 0 aromatic rings. The predicted octanol–water partition coefficient (Wildman–Crippen LogP) is 1.35. The lowest BCUT2D eigenvalue weighted by Crippen LogP contribution is -2.54. The zero-order chi connectivity index (χ0) is 8.89. The molecule has 13 heavy (non-hydrogen) atoms. The summed E-state index contributed by atoms with van der Waals surface area (Å²) in [6.45, 7) is 2.82. The highest BCUT2D eigenvalue weighted by Crippen LogP contribution is 2.54. The first-order chi connectivity index (χ1) is 6.27. The number of nitrogens with two attached hydrogens (primary N) is 1. The number of likely N-dealkylation sites (tertiary alicyclic amines) is 1. The van der Waals surface area contributed by atoms with Gasteiger partial charge in [0.15, 0.2) is 0 Å². The van der Waals surface area contributed by atoms with E-state index in [0.29, 0.717) is 6.04 Å². The Morgan fingerprint density at radius 1 is 1.00 bits per heavy atom. The highest BCUT2D eigenvalue weighted by molar-refractivity contribution is 5.07. The van der Waals surface area contributed by atoms with Crippen LogP contribution >= 0.6 is 0 Å². The first kappa shape index (κ1) is 8.25. The Kier molecular flexibility index (Phi) is 1.72. The number of rotatable bonds is 1. The molecule has 2 saturated carbocycles. The van der Waals surface area contributed by atoms with Gasteiger partial charge in [-0.2, -0.15) is 0 Å². The molecule has 3 aliphatic rings. The van der Waals surface area contributed by atoms with E-state index in [-0.39, 0.29) is 0 Å². The van der Waals surface area contributed by atoms with Gasteiger partial charge in [-0.3, -0.25) is 4.90 Å². The van der Waals surface area contributed by atoms with E-state index >= 15 is 0 Å². The van der Waals surface area contributed by atoms with Crippen LogP contribution in [0.1, 0.15) is 38.5 Å². The van der Waals surface area contributed by atoms with E-state index in [1.165, 1.54) is 51.6 Å². The van der Waals surface area contributed by atoms with Crippen molar-refractivity contribution < 1.29 is 0 Å². The van der Waals surface area contributed by atoms with Gasteiger partial charge in [0.05, 0.1) is 0 Å². The van der Waals surface area contributed by atoms with Gasteiger partial charge in [0.1, 0.15) is 0 Å². The minimum Gasteiger partial charge on any atom is -0.328 e. The molecule has 1 heterocycles. The maximum Gasteiger partial charge on any atom is 0.00968 e. The smallest absolute Gasteiger partial charge is 0.00968 e. The van der Waals surface area contributed by atoms with E-state index < -0.39 is 0 Å². The Morgan fingerprint density at radius 3 is 2.15 bits per heavy atom. The van der Waals surface area contributed by atoms with Gasteiger partial charge < -0.3 is 5.73 Å².